The van der Waals surface area contributed by atoms with Crippen molar-refractivity contribution in [3.05, 3.63) is 46.7 Å². The van der Waals surface area contributed by atoms with Crippen molar-refractivity contribution in [1.29, 1.82) is 0 Å². The van der Waals surface area contributed by atoms with Gasteiger partial charge in [-0.25, -0.2) is 9.37 Å². The van der Waals surface area contributed by atoms with Crippen LogP contribution in [0.3, 0.4) is 0 Å². The molecule has 1 aromatic carbocycles. The van der Waals surface area contributed by atoms with Crippen LogP contribution >= 0.6 is 11.3 Å². The van der Waals surface area contributed by atoms with E-state index in [9.17, 15) is 4.39 Å². The SMILES string of the molecule is CCNc1ncc(CN(C)Cc2ccc(F)cc2)s1. The topological polar surface area (TPSA) is 28.2 Å². The molecule has 0 aliphatic carbocycles. The summed E-state index contributed by atoms with van der Waals surface area (Å²) in [7, 11) is 2.05. The molecule has 0 spiro atoms. The molecule has 3 nitrogen and oxygen atoms in total. The number of hydrogen-bond donors (Lipinski definition) is 1. The predicted molar refractivity (Wildman–Crippen MR) is 77.8 cm³/mol. The van der Waals surface area contributed by atoms with E-state index >= 15 is 0 Å². The highest BCUT2D eigenvalue weighted by molar-refractivity contribution is 7.15. The maximum absolute atomic E-state index is 12.8. The maximum atomic E-state index is 12.8. The Morgan fingerprint density at radius 2 is 2.00 bits per heavy atom. The van der Waals surface area contributed by atoms with Gasteiger partial charge in [0, 0.05) is 30.7 Å². The summed E-state index contributed by atoms with van der Waals surface area (Å²) in [6.07, 6.45) is 1.91. The molecule has 1 aromatic heterocycles. The summed E-state index contributed by atoms with van der Waals surface area (Å²) >= 11 is 1.67. The van der Waals surface area contributed by atoms with Gasteiger partial charge in [0.2, 0.25) is 0 Å². The molecule has 19 heavy (non-hydrogen) atoms. The summed E-state index contributed by atoms with van der Waals surface area (Å²) in [6.45, 7) is 4.59. The first-order chi connectivity index (χ1) is 9.17. The highest BCUT2D eigenvalue weighted by Gasteiger charge is 2.05. The second-order valence-electron chi connectivity index (χ2n) is 4.46. The minimum Gasteiger partial charge on any atom is -0.362 e. The van der Waals surface area contributed by atoms with Gasteiger partial charge < -0.3 is 5.32 Å². The Hall–Kier alpha value is -1.46. The van der Waals surface area contributed by atoms with Crippen molar-refractivity contribution in [3.8, 4) is 0 Å². The number of benzene rings is 1. The van der Waals surface area contributed by atoms with E-state index in [1.165, 1.54) is 17.0 Å². The van der Waals surface area contributed by atoms with Crippen LogP contribution in [0, 0.1) is 5.82 Å². The lowest BCUT2D eigenvalue weighted by Gasteiger charge is -2.15. The first kappa shape index (κ1) is 14.0. The molecule has 0 saturated carbocycles. The first-order valence-corrected chi connectivity index (χ1v) is 7.10. The summed E-state index contributed by atoms with van der Waals surface area (Å²) in [5.41, 5.74) is 1.11. The lowest BCUT2D eigenvalue weighted by molar-refractivity contribution is 0.321. The minimum atomic E-state index is -0.191. The Kier molecular flexibility index (Phi) is 4.87. The van der Waals surface area contributed by atoms with Gasteiger partial charge in [-0.05, 0) is 31.7 Å². The van der Waals surface area contributed by atoms with Crippen LogP contribution in [0.15, 0.2) is 30.5 Å². The number of aromatic nitrogens is 1. The normalized spacial score (nSPS) is 10.9. The molecule has 0 aliphatic rings. The third-order valence-corrected chi connectivity index (χ3v) is 3.61. The highest BCUT2D eigenvalue weighted by atomic mass is 32.1. The van der Waals surface area contributed by atoms with E-state index in [2.05, 4.69) is 29.2 Å². The Morgan fingerprint density at radius 1 is 1.26 bits per heavy atom. The van der Waals surface area contributed by atoms with Gasteiger partial charge in [0.25, 0.3) is 0 Å². The number of nitrogens with zero attached hydrogens (tertiary/aromatic N) is 2. The van der Waals surface area contributed by atoms with Crippen molar-refractivity contribution in [3.63, 3.8) is 0 Å². The van der Waals surface area contributed by atoms with Crippen molar-refractivity contribution in [1.82, 2.24) is 9.88 Å². The Morgan fingerprint density at radius 3 is 2.68 bits per heavy atom. The van der Waals surface area contributed by atoms with Gasteiger partial charge in [-0.1, -0.05) is 12.1 Å². The largest absolute Gasteiger partial charge is 0.362 e. The van der Waals surface area contributed by atoms with Gasteiger partial charge in [0.1, 0.15) is 5.82 Å². The minimum absolute atomic E-state index is 0.191. The van der Waals surface area contributed by atoms with Crippen molar-refractivity contribution >= 4 is 16.5 Å². The molecule has 0 amide bonds. The monoisotopic (exact) mass is 279 g/mol. The van der Waals surface area contributed by atoms with Gasteiger partial charge in [-0.2, -0.15) is 0 Å². The van der Waals surface area contributed by atoms with Crippen LogP contribution in [0.2, 0.25) is 0 Å². The fourth-order valence-electron chi connectivity index (χ4n) is 1.84. The molecule has 0 atom stereocenters. The average molecular weight is 279 g/mol. The number of nitrogens with one attached hydrogen (secondary N) is 1. The van der Waals surface area contributed by atoms with E-state index in [0.717, 1.165) is 30.3 Å². The Bertz CT molecular complexity index is 510. The Balaban J connectivity index is 1.89. The predicted octanol–water partition coefficient (Wildman–Crippen LogP) is 3.35. The standard InChI is InChI=1S/C14H18FN3S/c1-3-16-14-17-8-13(19-14)10-18(2)9-11-4-6-12(15)7-5-11/h4-8H,3,9-10H2,1-2H3,(H,16,17). The molecule has 0 bridgehead atoms. The van der Waals surface area contributed by atoms with Crippen molar-refractivity contribution in [2.24, 2.45) is 0 Å². The molecule has 5 heteroatoms. The number of hydrogen-bond acceptors (Lipinski definition) is 4. The number of halogens is 1. The molecule has 0 unspecified atom stereocenters. The van der Waals surface area contributed by atoms with Gasteiger partial charge >= 0.3 is 0 Å². The zero-order chi connectivity index (χ0) is 13.7. The summed E-state index contributed by atoms with van der Waals surface area (Å²) in [5, 5.41) is 4.17. The second-order valence-corrected chi connectivity index (χ2v) is 5.58. The molecule has 0 saturated heterocycles. The molecular weight excluding hydrogens is 261 g/mol. The summed E-state index contributed by atoms with van der Waals surface area (Å²) in [4.78, 5) is 7.72. The third kappa shape index (κ3) is 4.29. The molecule has 0 aliphatic heterocycles. The molecular formula is C14H18FN3S. The van der Waals surface area contributed by atoms with Crippen molar-refractivity contribution < 1.29 is 4.39 Å². The molecule has 0 radical (unpaired) electrons. The summed E-state index contributed by atoms with van der Waals surface area (Å²) in [5.74, 6) is -0.191. The molecule has 0 fully saturated rings. The van der Waals surface area contributed by atoms with E-state index in [1.54, 1.807) is 11.3 Å². The van der Waals surface area contributed by atoms with E-state index in [1.807, 2.05) is 18.3 Å². The van der Waals surface area contributed by atoms with Crippen LogP contribution in [0.25, 0.3) is 0 Å². The number of thiazole rings is 1. The van der Waals surface area contributed by atoms with Crippen LogP contribution in [0.5, 0.6) is 0 Å². The summed E-state index contributed by atoms with van der Waals surface area (Å²) < 4.78 is 12.8. The molecule has 2 aromatic rings. The first-order valence-electron chi connectivity index (χ1n) is 6.29. The van der Waals surface area contributed by atoms with E-state index in [4.69, 9.17) is 0 Å². The van der Waals surface area contributed by atoms with Crippen LogP contribution in [0.4, 0.5) is 9.52 Å². The Labute approximate surface area is 117 Å². The van der Waals surface area contributed by atoms with E-state index in [0.29, 0.717) is 0 Å². The smallest absolute Gasteiger partial charge is 0.182 e. The maximum Gasteiger partial charge on any atom is 0.182 e. The van der Waals surface area contributed by atoms with Gasteiger partial charge in [-0.15, -0.1) is 11.3 Å². The number of rotatable bonds is 6. The highest BCUT2D eigenvalue weighted by Crippen LogP contribution is 2.19. The molecule has 1 N–H and O–H groups in total. The van der Waals surface area contributed by atoms with Gasteiger partial charge in [-0.3, -0.25) is 4.90 Å². The zero-order valence-electron chi connectivity index (χ0n) is 11.2. The van der Waals surface area contributed by atoms with Crippen LogP contribution in [0.1, 0.15) is 17.4 Å². The van der Waals surface area contributed by atoms with Gasteiger partial charge in [0.05, 0.1) is 0 Å². The molecule has 2 rings (SSSR count). The fourth-order valence-corrected chi connectivity index (χ4v) is 2.80. The third-order valence-electron chi connectivity index (χ3n) is 2.67. The van der Waals surface area contributed by atoms with Gasteiger partial charge in [0.15, 0.2) is 5.13 Å². The zero-order valence-corrected chi connectivity index (χ0v) is 12.0. The van der Waals surface area contributed by atoms with Crippen LogP contribution < -0.4 is 5.32 Å². The second kappa shape index (κ2) is 6.63. The lowest BCUT2D eigenvalue weighted by atomic mass is 10.2. The van der Waals surface area contributed by atoms with Crippen molar-refractivity contribution in [2.75, 3.05) is 18.9 Å². The fraction of sp³-hybridized carbons (Fsp3) is 0.357. The molecule has 1 heterocycles. The average Bonchev–Trinajstić information content (AvgIpc) is 2.80. The van der Waals surface area contributed by atoms with Crippen molar-refractivity contribution in [2.45, 2.75) is 20.0 Å². The summed E-state index contributed by atoms with van der Waals surface area (Å²) in [6, 6.07) is 6.64. The van der Waals surface area contributed by atoms with E-state index < -0.39 is 0 Å². The van der Waals surface area contributed by atoms with E-state index in [-0.39, 0.29) is 5.82 Å². The molecule has 102 valence electrons. The quantitative estimate of drug-likeness (QED) is 0.879. The number of anilines is 1. The van der Waals surface area contributed by atoms with Crippen LogP contribution in [-0.2, 0) is 13.1 Å². The lowest BCUT2D eigenvalue weighted by Crippen LogP contribution is -2.16. The van der Waals surface area contributed by atoms with Crippen LogP contribution in [-0.4, -0.2) is 23.5 Å².